The van der Waals surface area contributed by atoms with Crippen LogP contribution in [-0.2, 0) is 11.2 Å². The van der Waals surface area contributed by atoms with Crippen molar-refractivity contribution in [3.05, 3.63) is 17.1 Å². The van der Waals surface area contributed by atoms with Gasteiger partial charge in [0.1, 0.15) is 5.78 Å². The highest BCUT2D eigenvalue weighted by Gasteiger charge is 2.47. The molecule has 1 aromatic rings. The summed E-state index contributed by atoms with van der Waals surface area (Å²) in [5.74, 6) is 2.64. The normalized spacial score (nSPS) is 34.1. The molecule has 2 atom stereocenters. The topological polar surface area (TPSA) is 30.0 Å². The van der Waals surface area contributed by atoms with Gasteiger partial charge in [-0.25, -0.2) is 4.37 Å². The molecule has 3 rings (SSSR count). The molecule has 2 nitrogen and oxygen atoms in total. The van der Waals surface area contributed by atoms with Crippen LogP contribution in [0.2, 0.25) is 0 Å². The van der Waals surface area contributed by atoms with Gasteiger partial charge in [0.2, 0.25) is 0 Å². The van der Waals surface area contributed by atoms with Crippen LogP contribution in [0.15, 0.2) is 12.3 Å². The predicted octanol–water partition coefficient (Wildman–Crippen LogP) is 2.30. The van der Waals surface area contributed by atoms with E-state index in [1.54, 1.807) is 6.20 Å². The van der Waals surface area contributed by atoms with E-state index in [2.05, 4.69) is 4.37 Å². The fourth-order valence-electron chi connectivity index (χ4n) is 2.63. The zero-order valence-electron chi connectivity index (χ0n) is 7.98. The SMILES string of the molecule is O=C(Cc1ccns1)C1CC2CC2C1. The highest BCUT2D eigenvalue weighted by molar-refractivity contribution is 7.05. The summed E-state index contributed by atoms with van der Waals surface area (Å²) in [7, 11) is 0. The molecule has 1 aromatic heterocycles. The molecule has 2 unspecified atom stereocenters. The van der Waals surface area contributed by atoms with E-state index < -0.39 is 0 Å². The summed E-state index contributed by atoms with van der Waals surface area (Å²) in [6.07, 6.45) is 6.13. The Hall–Kier alpha value is -0.700. The molecular weight excluding hydrogens is 194 g/mol. The van der Waals surface area contributed by atoms with Crippen LogP contribution in [0.3, 0.4) is 0 Å². The summed E-state index contributed by atoms with van der Waals surface area (Å²) in [5, 5.41) is 0. The molecule has 2 aliphatic carbocycles. The molecule has 0 aromatic carbocycles. The molecule has 74 valence electrons. The summed E-state index contributed by atoms with van der Waals surface area (Å²) in [5.41, 5.74) is 0. The first-order valence-corrected chi connectivity index (χ1v) is 6.02. The maximum Gasteiger partial charge on any atom is 0.141 e. The third kappa shape index (κ3) is 1.50. The second-order valence-electron chi connectivity index (χ2n) is 4.55. The number of Topliss-reactive ketones (excluding diaryl/α,β-unsaturated/α-hetero) is 1. The van der Waals surface area contributed by atoms with Crippen LogP contribution in [0.5, 0.6) is 0 Å². The summed E-state index contributed by atoms with van der Waals surface area (Å²) < 4.78 is 4.02. The lowest BCUT2D eigenvalue weighted by Gasteiger charge is -2.08. The fourth-order valence-corrected chi connectivity index (χ4v) is 3.21. The Morgan fingerprint density at radius 2 is 2.21 bits per heavy atom. The molecule has 0 bridgehead atoms. The zero-order valence-corrected chi connectivity index (χ0v) is 8.80. The largest absolute Gasteiger partial charge is 0.299 e. The molecule has 0 amide bonds. The number of carbonyl (C=O) groups is 1. The lowest BCUT2D eigenvalue weighted by atomic mass is 9.96. The van der Waals surface area contributed by atoms with Crippen molar-refractivity contribution in [2.75, 3.05) is 0 Å². The zero-order chi connectivity index (χ0) is 9.54. The molecule has 0 spiro atoms. The number of fused-ring (bicyclic) bond motifs is 1. The number of ketones is 1. The minimum absolute atomic E-state index is 0.376. The van der Waals surface area contributed by atoms with E-state index in [1.165, 1.54) is 30.8 Å². The minimum Gasteiger partial charge on any atom is -0.299 e. The first-order chi connectivity index (χ1) is 6.83. The molecule has 1 heterocycles. The lowest BCUT2D eigenvalue weighted by molar-refractivity contribution is -0.122. The van der Waals surface area contributed by atoms with Gasteiger partial charge in [0.25, 0.3) is 0 Å². The van der Waals surface area contributed by atoms with Crippen molar-refractivity contribution in [1.82, 2.24) is 4.37 Å². The van der Waals surface area contributed by atoms with Gasteiger partial charge >= 0.3 is 0 Å². The van der Waals surface area contributed by atoms with Gasteiger partial charge in [-0.15, -0.1) is 0 Å². The summed E-state index contributed by atoms with van der Waals surface area (Å²) in [6.45, 7) is 0. The summed E-state index contributed by atoms with van der Waals surface area (Å²) in [4.78, 5) is 13.0. The van der Waals surface area contributed by atoms with Crippen molar-refractivity contribution in [3.8, 4) is 0 Å². The van der Waals surface area contributed by atoms with E-state index in [0.29, 0.717) is 18.1 Å². The van der Waals surface area contributed by atoms with Gasteiger partial charge in [-0.3, -0.25) is 4.79 Å². The van der Waals surface area contributed by atoms with E-state index in [1.807, 2.05) is 6.07 Å². The molecule has 0 N–H and O–H groups in total. The molecular formula is C11H13NOS. The Kier molecular flexibility index (Phi) is 1.94. The minimum atomic E-state index is 0.376. The predicted molar refractivity (Wildman–Crippen MR) is 55.1 cm³/mol. The van der Waals surface area contributed by atoms with E-state index in [9.17, 15) is 4.79 Å². The fraction of sp³-hybridized carbons (Fsp3) is 0.636. The summed E-state index contributed by atoms with van der Waals surface area (Å²) >= 11 is 1.45. The van der Waals surface area contributed by atoms with Crippen LogP contribution in [0.4, 0.5) is 0 Å². The second kappa shape index (κ2) is 3.16. The van der Waals surface area contributed by atoms with Crippen LogP contribution in [0.1, 0.15) is 24.1 Å². The van der Waals surface area contributed by atoms with Crippen molar-refractivity contribution in [3.63, 3.8) is 0 Å². The van der Waals surface area contributed by atoms with Gasteiger partial charge in [-0.2, -0.15) is 0 Å². The van der Waals surface area contributed by atoms with Gasteiger partial charge < -0.3 is 0 Å². The molecule has 3 heteroatoms. The van der Waals surface area contributed by atoms with Gasteiger partial charge in [0.15, 0.2) is 0 Å². The van der Waals surface area contributed by atoms with E-state index in [-0.39, 0.29) is 0 Å². The van der Waals surface area contributed by atoms with Crippen LogP contribution < -0.4 is 0 Å². The van der Waals surface area contributed by atoms with E-state index in [4.69, 9.17) is 0 Å². The van der Waals surface area contributed by atoms with Gasteiger partial charge in [0.05, 0.1) is 0 Å². The average molecular weight is 207 g/mol. The Labute approximate surface area is 87.5 Å². The molecule has 2 fully saturated rings. The van der Waals surface area contributed by atoms with Gasteiger partial charge in [-0.1, -0.05) is 0 Å². The number of aromatic nitrogens is 1. The van der Waals surface area contributed by atoms with Crippen molar-refractivity contribution in [1.29, 1.82) is 0 Å². The first-order valence-electron chi connectivity index (χ1n) is 5.25. The average Bonchev–Trinajstić information content (AvgIpc) is 2.68. The number of hydrogen-bond donors (Lipinski definition) is 0. The van der Waals surface area contributed by atoms with Crippen molar-refractivity contribution >= 4 is 17.3 Å². The monoisotopic (exact) mass is 207 g/mol. The highest BCUT2D eigenvalue weighted by atomic mass is 32.1. The smallest absolute Gasteiger partial charge is 0.141 e. The Morgan fingerprint density at radius 3 is 2.86 bits per heavy atom. The van der Waals surface area contributed by atoms with Crippen molar-refractivity contribution in [2.45, 2.75) is 25.7 Å². The third-order valence-corrected chi connectivity index (χ3v) is 4.28. The quantitative estimate of drug-likeness (QED) is 0.761. The maximum absolute atomic E-state index is 11.9. The highest BCUT2D eigenvalue weighted by Crippen LogP contribution is 2.54. The molecule has 0 aliphatic heterocycles. The Balaban J connectivity index is 1.60. The van der Waals surface area contributed by atoms with Crippen LogP contribution in [0, 0.1) is 17.8 Å². The number of carbonyl (C=O) groups excluding carboxylic acids is 1. The second-order valence-corrected chi connectivity index (χ2v) is 5.46. The third-order valence-electron chi connectivity index (χ3n) is 3.54. The van der Waals surface area contributed by atoms with Gasteiger partial charge in [0, 0.05) is 23.4 Å². The van der Waals surface area contributed by atoms with Crippen molar-refractivity contribution < 1.29 is 4.79 Å². The number of rotatable bonds is 3. The van der Waals surface area contributed by atoms with Crippen LogP contribution >= 0.6 is 11.5 Å². The van der Waals surface area contributed by atoms with E-state index in [0.717, 1.165) is 16.7 Å². The van der Waals surface area contributed by atoms with Crippen LogP contribution in [-0.4, -0.2) is 10.2 Å². The molecule has 2 aliphatic rings. The number of hydrogen-bond acceptors (Lipinski definition) is 3. The van der Waals surface area contributed by atoms with Crippen LogP contribution in [0.25, 0.3) is 0 Å². The number of nitrogens with zero attached hydrogens (tertiary/aromatic N) is 1. The molecule has 0 radical (unpaired) electrons. The first kappa shape index (κ1) is 8.60. The molecule has 0 saturated heterocycles. The van der Waals surface area contributed by atoms with E-state index >= 15 is 0 Å². The standard InChI is InChI=1S/C11H13NOS/c13-11(6-10-1-2-12-14-10)9-4-7-3-8(7)5-9/h1-2,7-9H,3-6H2. The Bertz CT molecular complexity index is 336. The maximum atomic E-state index is 11.9. The van der Waals surface area contributed by atoms with Crippen molar-refractivity contribution in [2.24, 2.45) is 17.8 Å². The Morgan fingerprint density at radius 1 is 1.43 bits per heavy atom. The summed E-state index contributed by atoms with van der Waals surface area (Å²) in [6, 6.07) is 1.96. The lowest BCUT2D eigenvalue weighted by Crippen LogP contribution is -2.14. The molecule has 14 heavy (non-hydrogen) atoms. The molecule has 2 saturated carbocycles. The van der Waals surface area contributed by atoms with Gasteiger partial charge in [-0.05, 0) is 48.7 Å².